The minimum atomic E-state index is 0.801. The summed E-state index contributed by atoms with van der Waals surface area (Å²) < 4.78 is 12.7. The van der Waals surface area contributed by atoms with Crippen LogP contribution in [0.2, 0.25) is 0 Å². The molecule has 0 saturated heterocycles. The van der Waals surface area contributed by atoms with Crippen LogP contribution in [0.25, 0.3) is 109 Å². The first-order valence-corrected chi connectivity index (χ1v) is 16.4. The highest BCUT2D eigenvalue weighted by Gasteiger charge is 2.17. The van der Waals surface area contributed by atoms with Gasteiger partial charge in [0.2, 0.25) is 0 Å². The molecular formula is C46H26O2. The molecule has 0 aliphatic carbocycles. The van der Waals surface area contributed by atoms with Crippen LogP contribution in [-0.4, -0.2) is 0 Å². The Morgan fingerprint density at radius 3 is 1.50 bits per heavy atom. The monoisotopic (exact) mass is 610 g/mol. The molecule has 0 radical (unpaired) electrons. The van der Waals surface area contributed by atoms with Crippen molar-refractivity contribution in [2.24, 2.45) is 0 Å². The van der Waals surface area contributed by atoms with E-state index >= 15 is 0 Å². The first-order valence-electron chi connectivity index (χ1n) is 16.4. The molecule has 9 aromatic carbocycles. The first kappa shape index (κ1) is 25.8. The summed E-state index contributed by atoms with van der Waals surface area (Å²) in [5.41, 5.74) is 8.18. The van der Waals surface area contributed by atoms with Gasteiger partial charge in [0.05, 0.1) is 0 Å². The molecule has 2 heteroatoms. The second-order valence-electron chi connectivity index (χ2n) is 12.8. The Morgan fingerprint density at radius 2 is 0.750 bits per heavy atom. The molecule has 0 N–H and O–H groups in total. The summed E-state index contributed by atoms with van der Waals surface area (Å²) in [5.74, 6) is 0. The predicted molar refractivity (Wildman–Crippen MR) is 202 cm³/mol. The lowest BCUT2D eigenvalue weighted by atomic mass is 9.89. The van der Waals surface area contributed by atoms with Crippen molar-refractivity contribution in [2.75, 3.05) is 0 Å². The second kappa shape index (κ2) is 9.57. The van der Waals surface area contributed by atoms with Crippen molar-refractivity contribution in [1.29, 1.82) is 0 Å². The lowest BCUT2D eigenvalue weighted by Crippen LogP contribution is -1.87. The summed E-state index contributed by atoms with van der Waals surface area (Å²) in [6, 6.07) is 56.9. The summed E-state index contributed by atoms with van der Waals surface area (Å²) in [7, 11) is 0. The average Bonchev–Trinajstić information content (AvgIpc) is 3.73. The van der Waals surface area contributed by atoms with Crippen molar-refractivity contribution in [2.45, 2.75) is 0 Å². The predicted octanol–water partition coefficient (Wildman–Crippen LogP) is 13.4. The molecule has 48 heavy (non-hydrogen) atoms. The Labute approximate surface area is 275 Å². The van der Waals surface area contributed by atoms with Gasteiger partial charge in [0, 0.05) is 21.5 Å². The molecule has 0 saturated carbocycles. The van der Waals surface area contributed by atoms with Crippen LogP contribution in [0.1, 0.15) is 0 Å². The summed E-state index contributed by atoms with van der Waals surface area (Å²) in [6.07, 6.45) is 0. The zero-order valence-corrected chi connectivity index (χ0v) is 25.8. The van der Waals surface area contributed by atoms with Crippen molar-refractivity contribution < 1.29 is 8.83 Å². The Kier molecular flexibility index (Phi) is 5.14. The summed E-state index contributed by atoms with van der Waals surface area (Å²) in [6.45, 7) is 0. The molecule has 11 aromatic rings. The Morgan fingerprint density at radius 1 is 0.271 bits per heavy atom. The molecule has 0 aliphatic rings. The SMILES string of the molecule is c1ccc2c(-c3ccc4c5ccc(-c6ccc7oc8c(ccc9c%10ccccc%10oc98)c7c6)cc5c5ccccc5c4c3)cccc2c1. The van der Waals surface area contributed by atoms with Crippen LogP contribution in [0.4, 0.5) is 0 Å². The number of hydrogen-bond acceptors (Lipinski definition) is 2. The number of fused-ring (bicyclic) bond motifs is 14. The minimum absolute atomic E-state index is 0.801. The van der Waals surface area contributed by atoms with Crippen LogP contribution in [0.15, 0.2) is 167 Å². The van der Waals surface area contributed by atoms with E-state index in [4.69, 9.17) is 8.83 Å². The van der Waals surface area contributed by atoms with E-state index in [0.717, 1.165) is 49.4 Å². The van der Waals surface area contributed by atoms with Crippen molar-refractivity contribution in [3.05, 3.63) is 158 Å². The van der Waals surface area contributed by atoms with Gasteiger partial charge in [0.1, 0.15) is 11.2 Å². The van der Waals surface area contributed by atoms with Crippen LogP contribution in [0.3, 0.4) is 0 Å². The third-order valence-electron chi connectivity index (χ3n) is 10.3. The molecule has 2 nitrogen and oxygen atoms in total. The number of para-hydroxylation sites is 1. The van der Waals surface area contributed by atoms with Crippen LogP contribution in [0.5, 0.6) is 0 Å². The maximum atomic E-state index is 6.43. The standard InChI is InChI=1S/C46H26O2/c1-2-10-31-27(8-1)9-7-14-32(31)30-17-20-36-35-19-16-28(24-40(35)33-11-3-4-12-34(33)41(36)26-30)29-18-23-44-42(25-29)39-22-21-38-37-13-5-6-15-43(37)47-45(38)46(39)48-44/h1-26H. The summed E-state index contributed by atoms with van der Waals surface area (Å²) in [4.78, 5) is 0. The lowest BCUT2D eigenvalue weighted by molar-refractivity contribution is 0.633. The van der Waals surface area contributed by atoms with E-state index in [2.05, 4.69) is 140 Å². The van der Waals surface area contributed by atoms with Gasteiger partial charge < -0.3 is 8.83 Å². The first-order chi connectivity index (χ1) is 23.8. The Balaban J connectivity index is 1.10. The quantitative estimate of drug-likeness (QED) is 0.182. The molecule has 0 atom stereocenters. The number of furan rings is 2. The van der Waals surface area contributed by atoms with Crippen LogP contribution < -0.4 is 0 Å². The molecule has 0 aliphatic heterocycles. The molecule has 0 spiro atoms. The lowest BCUT2D eigenvalue weighted by Gasteiger charge is -2.14. The van der Waals surface area contributed by atoms with Gasteiger partial charge in [-0.3, -0.25) is 0 Å². The van der Waals surface area contributed by atoms with Crippen molar-refractivity contribution in [1.82, 2.24) is 0 Å². The fourth-order valence-corrected chi connectivity index (χ4v) is 7.98. The van der Waals surface area contributed by atoms with E-state index in [1.807, 2.05) is 18.2 Å². The molecule has 2 aromatic heterocycles. The van der Waals surface area contributed by atoms with Gasteiger partial charge in [0.25, 0.3) is 0 Å². The van der Waals surface area contributed by atoms with Gasteiger partial charge in [-0.2, -0.15) is 0 Å². The minimum Gasteiger partial charge on any atom is -0.452 e. The van der Waals surface area contributed by atoms with Crippen molar-refractivity contribution in [3.8, 4) is 22.3 Å². The smallest absolute Gasteiger partial charge is 0.178 e. The number of benzene rings is 9. The van der Waals surface area contributed by atoms with Gasteiger partial charge in [0.15, 0.2) is 11.2 Å². The maximum Gasteiger partial charge on any atom is 0.178 e. The Hall–Kier alpha value is -6.38. The number of hydrogen-bond donors (Lipinski definition) is 0. The van der Waals surface area contributed by atoms with Gasteiger partial charge in [-0.05, 0) is 108 Å². The molecule has 222 valence electrons. The van der Waals surface area contributed by atoms with Crippen molar-refractivity contribution >= 4 is 87.0 Å². The average molecular weight is 611 g/mol. The van der Waals surface area contributed by atoms with E-state index in [-0.39, 0.29) is 0 Å². The van der Waals surface area contributed by atoms with Crippen LogP contribution >= 0.6 is 0 Å². The van der Waals surface area contributed by atoms with E-state index in [9.17, 15) is 0 Å². The summed E-state index contributed by atoms with van der Waals surface area (Å²) in [5, 5.41) is 14.5. The zero-order valence-electron chi connectivity index (χ0n) is 25.8. The maximum absolute atomic E-state index is 6.43. The van der Waals surface area contributed by atoms with E-state index in [1.54, 1.807) is 0 Å². The molecular weight excluding hydrogens is 585 g/mol. The van der Waals surface area contributed by atoms with E-state index in [0.29, 0.717) is 0 Å². The fraction of sp³-hybridized carbons (Fsp3) is 0. The highest BCUT2D eigenvalue weighted by Crippen LogP contribution is 2.42. The van der Waals surface area contributed by atoms with Gasteiger partial charge in [-0.25, -0.2) is 0 Å². The van der Waals surface area contributed by atoms with E-state index < -0.39 is 0 Å². The molecule has 0 unspecified atom stereocenters. The third-order valence-corrected chi connectivity index (χ3v) is 10.3. The van der Waals surface area contributed by atoms with Crippen molar-refractivity contribution in [3.63, 3.8) is 0 Å². The number of rotatable bonds is 2. The van der Waals surface area contributed by atoms with Gasteiger partial charge in [-0.15, -0.1) is 0 Å². The van der Waals surface area contributed by atoms with Gasteiger partial charge in [-0.1, -0.05) is 115 Å². The van der Waals surface area contributed by atoms with Crippen LogP contribution in [0, 0.1) is 0 Å². The molecule has 0 amide bonds. The molecule has 2 heterocycles. The largest absolute Gasteiger partial charge is 0.452 e. The third kappa shape index (κ3) is 3.57. The molecule has 0 bridgehead atoms. The molecule has 11 rings (SSSR count). The topological polar surface area (TPSA) is 26.3 Å². The highest BCUT2D eigenvalue weighted by atomic mass is 16.4. The van der Waals surface area contributed by atoms with E-state index in [1.165, 1.54) is 59.8 Å². The Bertz CT molecular complexity index is 3090. The molecule has 0 fully saturated rings. The van der Waals surface area contributed by atoms with Gasteiger partial charge >= 0.3 is 0 Å². The van der Waals surface area contributed by atoms with Crippen LogP contribution in [-0.2, 0) is 0 Å². The fourth-order valence-electron chi connectivity index (χ4n) is 7.98. The summed E-state index contributed by atoms with van der Waals surface area (Å²) >= 11 is 0. The zero-order chi connectivity index (χ0) is 31.3. The highest BCUT2D eigenvalue weighted by molar-refractivity contribution is 6.26. The second-order valence-corrected chi connectivity index (χ2v) is 12.8. The normalized spacial score (nSPS) is 12.2.